The van der Waals surface area contributed by atoms with Gasteiger partial charge in [0.25, 0.3) is 0 Å². The SMILES string of the molecule is CC(C)N(C[C@@H](O)c1cc(O)cc(O)c1)c1ccc(O)cc1. The number of phenolic OH excluding ortho intramolecular Hbond substituents is 3. The Hall–Kier alpha value is -2.40. The Morgan fingerprint density at radius 2 is 1.41 bits per heavy atom. The largest absolute Gasteiger partial charge is 0.508 e. The van der Waals surface area contributed by atoms with Crippen LogP contribution in [0.3, 0.4) is 0 Å². The Kier molecular flexibility index (Phi) is 4.78. The minimum Gasteiger partial charge on any atom is -0.508 e. The number of aliphatic hydroxyl groups is 1. The maximum atomic E-state index is 10.4. The van der Waals surface area contributed by atoms with E-state index in [0.717, 1.165) is 5.69 Å². The molecule has 0 aliphatic carbocycles. The number of nitrogens with zero attached hydrogens (tertiary/aromatic N) is 1. The standard InChI is InChI=1S/C17H21NO4/c1-11(2)18(13-3-5-14(19)6-4-13)10-17(22)12-7-15(20)9-16(21)8-12/h3-9,11,17,19-22H,10H2,1-2H3/t17-/m1/s1. The van der Waals surface area contributed by atoms with Gasteiger partial charge < -0.3 is 25.3 Å². The van der Waals surface area contributed by atoms with Crippen LogP contribution in [0.2, 0.25) is 0 Å². The minimum absolute atomic E-state index is 0.0882. The Morgan fingerprint density at radius 3 is 1.91 bits per heavy atom. The molecule has 5 heteroatoms. The summed E-state index contributed by atoms with van der Waals surface area (Å²) in [6, 6.07) is 11.0. The number of aromatic hydroxyl groups is 3. The third-order valence-electron chi connectivity index (χ3n) is 3.48. The predicted molar refractivity (Wildman–Crippen MR) is 85.3 cm³/mol. The highest BCUT2D eigenvalue weighted by Crippen LogP contribution is 2.28. The Morgan fingerprint density at radius 1 is 0.864 bits per heavy atom. The van der Waals surface area contributed by atoms with Gasteiger partial charge in [-0.25, -0.2) is 0 Å². The quantitative estimate of drug-likeness (QED) is 0.682. The van der Waals surface area contributed by atoms with Crippen molar-refractivity contribution in [2.45, 2.75) is 26.0 Å². The van der Waals surface area contributed by atoms with E-state index in [1.165, 1.54) is 18.2 Å². The molecule has 2 aromatic carbocycles. The minimum atomic E-state index is -0.866. The number of hydrogen-bond acceptors (Lipinski definition) is 5. The van der Waals surface area contributed by atoms with Gasteiger partial charge in [0.1, 0.15) is 17.2 Å². The lowest BCUT2D eigenvalue weighted by molar-refractivity contribution is 0.180. The van der Waals surface area contributed by atoms with Crippen molar-refractivity contribution in [1.82, 2.24) is 0 Å². The molecule has 0 aliphatic heterocycles. The van der Waals surface area contributed by atoms with E-state index in [9.17, 15) is 20.4 Å². The molecule has 0 saturated carbocycles. The summed E-state index contributed by atoms with van der Waals surface area (Å²) in [6.07, 6.45) is -0.866. The van der Waals surface area contributed by atoms with Crippen LogP contribution >= 0.6 is 0 Å². The topological polar surface area (TPSA) is 84.2 Å². The van der Waals surface area contributed by atoms with E-state index in [1.54, 1.807) is 24.3 Å². The number of benzene rings is 2. The van der Waals surface area contributed by atoms with E-state index in [1.807, 2.05) is 18.7 Å². The zero-order valence-electron chi connectivity index (χ0n) is 12.6. The van der Waals surface area contributed by atoms with Gasteiger partial charge in [-0.1, -0.05) is 0 Å². The highest BCUT2D eigenvalue weighted by molar-refractivity contribution is 5.50. The van der Waals surface area contributed by atoms with E-state index in [4.69, 9.17) is 0 Å². The third-order valence-corrected chi connectivity index (χ3v) is 3.48. The molecule has 0 amide bonds. The molecule has 0 radical (unpaired) electrons. The van der Waals surface area contributed by atoms with Gasteiger partial charge in [0.2, 0.25) is 0 Å². The summed E-state index contributed by atoms with van der Waals surface area (Å²) in [5.41, 5.74) is 1.32. The van der Waals surface area contributed by atoms with Crippen LogP contribution in [0.25, 0.3) is 0 Å². The molecule has 0 bridgehead atoms. The van der Waals surface area contributed by atoms with Gasteiger partial charge in [-0.15, -0.1) is 0 Å². The highest BCUT2D eigenvalue weighted by atomic mass is 16.3. The Bertz CT molecular complexity index is 605. The Labute approximate surface area is 129 Å². The van der Waals surface area contributed by atoms with E-state index < -0.39 is 6.10 Å². The van der Waals surface area contributed by atoms with Gasteiger partial charge in [0.15, 0.2) is 0 Å². The first-order valence-corrected chi connectivity index (χ1v) is 7.13. The van der Waals surface area contributed by atoms with Gasteiger partial charge in [0.05, 0.1) is 6.10 Å². The average molecular weight is 303 g/mol. The van der Waals surface area contributed by atoms with Gasteiger partial charge in [-0.2, -0.15) is 0 Å². The van der Waals surface area contributed by atoms with Crippen LogP contribution in [-0.4, -0.2) is 33.0 Å². The monoisotopic (exact) mass is 303 g/mol. The zero-order chi connectivity index (χ0) is 16.3. The van der Waals surface area contributed by atoms with Gasteiger partial charge in [0, 0.05) is 24.3 Å². The first-order valence-electron chi connectivity index (χ1n) is 7.13. The van der Waals surface area contributed by atoms with E-state index in [-0.39, 0.29) is 23.3 Å². The molecular formula is C17H21NO4. The van der Waals surface area contributed by atoms with Crippen molar-refractivity contribution >= 4 is 5.69 Å². The molecule has 4 N–H and O–H groups in total. The van der Waals surface area contributed by atoms with E-state index >= 15 is 0 Å². The number of phenols is 3. The lowest BCUT2D eigenvalue weighted by atomic mass is 10.1. The fourth-order valence-electron chi connectivity index (χ4n) is 2.36. The molecule has 22 heavy (non-hydrogen) atoms. The number of anilines is 1. The fourth-order valence-corrected chi connectivity index (χ4v) is 2.36. The predicted octanol–water partition coefficient (Wildman–Crippen LogP) is 2.75. The van der Waals surface area contributed by atoms with Crippen LogP contribution in [0.15, 0.2) is 42.5 Å². The van der Waals surface area contributed by atoms with E-state index in [2.05, 4.69) is 0 Å². The molecular weight excluding hydrogens is 282 g/mol. The zero-order valence-corrected chi connectivity index (χ0v) is 12.6. The van der Waals surface area contributed by atoms with Crippen molar-refractivity contribution in [2.75, 3.05) is 11.4 Å². The smallest absolute Gasteiger partial charge is 0.119 e. The van der Waals surface area contributed by atoms with Crippen molar-refractivity contribution in [2.24, 2.45) is 0 Å². The average Bonchev–Trinajstić information content (AvgIpc) is 2.44. The van der Waals surface area contributed by atoms with Crippen LogP contribution < -0.4 is 4.90 Å². The lowest BCUT2D eigenvalue weighted by Crippen LogP contribution is -2.34. The maximum Gasteiger partial charge on any atom is 0.119 e. The summed E-state index contributed by atoms with van der Waals surface area (Å²) < 4.78 is 0. The van der Waals surface area contributed by atoms with Crippen LogP contribution in [0, 0.1) is 0 Å². The van der Waals surface area contributed by atoms with Crippen LogP contribution in [-0.2, 0) is 0 Å². The molecule has 0 heterocycles. The molecule has 0 saturated heterocycles. The van der Waals surface area contributed by atoms with Gasteiger partial charge >= 0.3 is 0 Å². The van der Waals surface area contributed by atoms with Crippen molar-refractivity contribution in [3.63, 3.8) is 0 Å². The number of rotatable bonds is 5. The normalized spacial score (nSPS) is 12.4. The fraction of sp³-hybridized carbons (Fsp3) is 0.294. The Balaban J connectivity index is 2.22. The molecule has 0 aromatic heterocycles. The van der Waals surface area contributed by atoms with Crippen molar-refractivity contribution in [3.05, 3.63) is 48.0 Å². The summed E-state index contributed by atoms with van der Waals surface area (Å²) in [5.74, 6) is 0.00969. The van der Waals surface area contributed by atoms with Crippen LogP contribution in [0.1, 0.15) is 25.5 Å². The van der Waals surface area contributed by atoms with E-state index in [0.29, 0.717) is 12.1 Å². The first-order chi connectivity index (χ1) is 10.4. The second-order valence-electron chi connectivity index (χ2n) is 5.56. The van der Waals surface area contributed by atoms with Crippen molar-refractivity contribution in [3.8, 4) is 17.2 Å². The van der Waals surface area contributed by atoms with Gasteiger partial charge in [-0.05, 0) is 55.8 Å². The van der Waals surface area contributed by atoms with Crippen LogP contribution in [0.5, 0.6) is 17.2 Å². The molecule has 0 unspecified atom stereocenters. The molecule has 2 aromatic rings. The lowest BCUT2D eigenvalue weighted by Gasteiger charge is -2.31. The second-order valence-corrected chi connectivity index (χ2v) is 5.56. The van der Waals surface area contributed by atoms with Crippen LogP contribution in [0.4, 0.5) is 5.69 Å². The molecule has 0 fully saturated rings. The maximum absolute atomic E-state index is 10.4. The summed E-state index contributed by atoms with van der Waals surface area (Å²) in [6.45, 7) is 4.30. The number of hydrogen-bond donors (Lipinski definition) is 4. The second kappa shape index (κ2) is 6.58. The molecule has 2 rings (SSSR count). The third kappa shape index (κ3) is 3.83. The summed E-state index contributed by atoms with van der Waals surface area (Å²) in [7, 11) is 0. The molecule has 5 nitrogen and oxygen atoms in total. The molecule has 1 atom stereocenters. The molecule has 0 spiro atoms. The molecule has 118 valence electrons. The van der Waals surface area contributed by atoms with Gasteiger partial charge in [-0.3, -0.25) is 0 Å². The van der Waals surface area contributed by atoms with Crippen molar-refractivity contribution in [1.29, 1.82) is 0 Å². The highest BCUT2D eigenvalue weighted by Gasteiger charge is 2.18. The summed E-state index contributed by atoms with van der Waals surface area (Å²) in [5, 5.41) is 38.8. The first kappa shape index (κ1) is 16.0. The van der Waals surface area contributed by atoms with Crippen molar-refractivity contribution < 1.29 is 20.4 Å². The summed E-state index contributed by atoms with van der Waals surface area (Å²) in [4.78, 5) is 1.98. The number of aliphatic hydroxyl groups excluding tert-OH is 1. The summed E-state index contributed by atoms with van der Waals surface area (Å²) >= 11 is 0. The molecule has 0 aliphatic rings.